The molecule has 2 rings (SSSR count). The van der Waals surface area contributed by atoms with Gasteiger partial charge in [-0.2, -0.15) is 0 Å². The van der Waals surface area contributed by atoms with Crippen molar-refractivity contribution in [2.24, 2.45) is 0 Å². The zero-order chi connectivity index (χ0) is 13.0. The van der Waals surface area contributed by atoms with Gasteiger partial charge >= 0.3 is 0 Å². The average molecular weight is 303 g/mol. The summed E-state index contributed by atoms with van der Waals surface area (Å²) in [4.78, 5) is 12.4. The van der Waals surface area contributed by atoms with E-state index in [1.165, 1.54) is 5.56 Å². The zero-order valence-electron chi connectivity index (χ0n) is 10.3. The summed E-state index contributed by atoms with van der Waals surface area (Å²) in [6.07, 6.45) is 2.10. The smallest absolute Gasteiger partial charge is 0.194 e. The second-order valence-electron chi connectivity index (χ2n) is 4.26. The monoisotopic (exact) mass is 302 g/mol. The van der Waals surface area contributed by atoms with E-state index in [2.05, 4.69) is 28.9 Å². The molecule has 0 aromatic heterocycles. The zero-order valence-corrected chi connectivity index (χ0v) is 11.9. The molecule has 0 amide bonds. The van der Waals surface area contributed by atoms with Gasteiger partial charge < -0.3 is 0 Å². The van der Waals surface area contributed by atoms with Crippen LogP contribution < -0.4 is 0 Å². The van der Waals surface area contributed by atoms with Crippen LogP contribution in [-0.2, 0) is 6.42 Å². The third-order valence-electron chi connectivity index (χ3n) is 2.85. The van der Waals surface area contributed by atoms with E-state index in [0.29, 0.717) is 5.56 Å². The maximum Gasteiger partial charge on any atom is 0.194 e. The van der Waals surface area contributed by atoms with E-state index in [0.717, 1.165) is 22.9 Å². The molecule has 0 saturated carbocycles. The number of rotatable bonds is 4. The Morgan fingerprint density at radius 1 is 1.11 bits per heavy atom. The highest BCUT2D eigenvalue weighted by atomic mass is 79.9. The number of carbonyl (C=O) groups is 1. The Labute approximate surface area is 116 Å². The van der Waals surface area contributed by atoms with Crippen molar-refractivity contribution in [1.29, 1.82) is 0 Å². The van der Waals surface area contributed by atoms with Crippen molar-refractivity contribution in [3.63, 3.8) is 0 Å². The van der Waals surface area contributed by atoms with Gasteiger partial charge in [0.2, 0.25) is 0 Å². The minimum absolute atomic E-state index is 0.0698. The molecule has 0 aliphatic heterocycles. The van der Waals surface area contributed by atoms with Gasteiger partial charge in [-0.05, 0) is 30.2 Å². The number of benzene rings is 2. The molecule has 1 nitrogen and oxygen atoms in total. The lowest BCUT2D eigenvalue weighted by Gasteiger charge is -2.05. The van der Waals surface area contributed by atoms with Crippen molar-refractivity contribution in [2.45, 2.75) is 19.8 Å². The van der Waals surface area contributed by atoms with Gasteiger partial charge in [-0.25, -0.2) is 0 Å². The van der Waals surface area contributed by atoms with Gasteiger partial charge in [0.15, 0.2) is 5.78 Å². The highest BCUT2D eigenvalue weighted by Crippen LogP contribution is 2.20. The van der Waals surface area contributed by atoms with Gasteiger partial charge in [0.1, 0.15) is 0 Å². The largest absolute Gasteiger partial charge is 0.289 e. The fourth-order valence-electron chi connectivity index (χ4n) is 1.96. The normalized spacial score (nSPS) is 10.3. The van der Waals surface area contributed by atoms with Gasteiger partial charge in [-0.15, -0.1) is 0 Å². The molecule has 0 bridgehead atoms. The molecule has 2 aromatic rings. The molecule has 2 aromatic carbocycles. The number of aryl methyl sites for hydroxylation is 1. The third-order valence-corrected chi connectivity index (χ3v) is 3.54. The first kappa shape index (κ1) is 13.0. The maximum atomic E-state index is 12.4. The Hall–Kier alpha value is -1.41. The topological polar surface area (TPSA) is 17.1 Å². The summed E-state index contributed by atoms with van der Waals surface area (Å²) in [7, 11) is 0. The van der Waals surface area contributed by atoms with Crippen LogP contribution in [0.4, 0.5) is 0 Å². The summed E-state index contributed by atoms with van der Waals surface area (Å²) >= 11 is 3.42. The van der Waals surface area contributed by atoms with Crippen molar-refractivity contribution in [3.8, 4) is 0 Å². The standard InChI is InChI=1S/C16H15BrO/c1-2-6-12-7-5-8-13(11-12)16(18)14-9-3-4-10-15(14)17/h3-5,7-11H,2,6H2,1H3. The lowest BCUT2D eigenvalue weighted by molar-refractivity contribution is 0.103. The minimum atomic E-state index is 0.0698. The van der Waals surface area contributed by atoms with Crippen LogP contribution in [0.15, 0.2) is 53.0 Å². The fraction of sp³-hybridized carbons (Fsp3) is 0.188. The van der Waals surface area contributed by atoms with Crippen LogP contribution in [0, 0.1) is 0 Å². The lowest BCUT2D eigenvalue weighted by Crippen LogP contribution is -2.02. The van der Waals surface area contributed by atoms with E-state index in [1.807, 2.05) is 42.5 Å². The van der Waals surface area contributed by atoms with Gasteiger partial charge in [0.25, 0.3) is 0 Å². The van der Waals surface area contributed by atoms with Crippen LogP contribution in [0.1, 0.15) is 34.8 Å². The van der Waals surface area contributed by atoms with Crippen LogP contribution in [0.5, 0.6) is 0 Å². The fourth-order valence-corrected chi connectivity index (χ4v) is 2.42. The third kappa shape index (κ3) is 2.88. The Morgan fingerprint density at radius 3 is 2.61 bits per heavy atom. The van der Waals surface area contributed by atoms with Crippen molar-refractivity contribution in [1.82, 2.24) is 0 Å². The van der Waals surface area contributed by atoms with E-state index in [4.69, 9.17) is 0 Å². The summed E-state index contributed by atoms with van der Waals surface area (Å²) < 4.78 is 0.843. The maximum absolute atomic E-state index is 12.4. The van der Waals surface area contributed by atoms with Gasteiger partial charge in [-0.3, -0.25) is 4.79 Å². The first-order valence-electron chi connectivity index (χ1n) is 6.10. The van der Waals surface area contributed by atoms with Crippen LogP contribution in [0.2, 0.25) is 0 Å². The van der Waals surface area contributed by atoms with E-state index >= 15 is 0 Å². The van der Waals surface area contributed by atoms with Crippen molar-refractivity contribution in [3.05, 3.63) is 69.7 Å². The summed E-state index contributed by atoms with van der Waals surface area (Å²) in [6.45, 7) is 2.14. The van der Waals surface area contributed by atoms with Crippen LogP contribution in [-0.4, -0.2) is 5.78 Å². The van der Waals surface area contributed by atoms with Crippen molar-refractivity contribution >= 4 is 21.7 Å². The van der Waals surface area contributed by atoms with Crippen LogP contribution in [0.3, 0.4) is 0 Å². The van der Waals surface area contributed by atoms with E-state index in [-0.39, 0.29) is 5.78 Å². The molecule has 18 heavy (non-hydrogen) atoms. The molecule has 2 heteroatoms. The van der Waals surface area contributed by atoms with Crippen LogP contribution >= 0.6 is 15.9 Å². The Balaban J connectivity index is 2.34. The first-order valence-corrected chi connectivity index (χ1v) is 6.90. The lowest BCUT2D eigenvalue weighted by atomic mass is 10.00. The van der Waals surface area contributed by atoms with Crippen molar-refractivity contribution in [2.75, 3.05) is 0 Å². The molecule has 0 N–H and O–H groups in total. The molecule has 0 unspecified atom stereocenters. The Bertz CT molecular complexity index is 561. The molecule has 0 aliphatic rings. The minimum Gasteiger partial charge on any atom is -0.289 e. The molecule has 0 fully saturated rings. The molecule has 0 radical (unpaired) electrons. The van der Waals surface area contributed by atoms with E-state index in [9.17, 15) is 4.79 Å². The molecule has 0 atom stereocenters. The number of carbonyl (C=O) groups excluding carboxylic acids is 1. The summed E-state index contributed by atoms with van der Waals surface area (Å²) in [6, 6.07) is 15.4. The quantitative estimate of drug-likeness (QED) is 0.752. The Morgan fingerprint density at radius 2 is 1.89 bits per heavy atom. The highest BCUT2D eigenvalue weighted by Gasteiger charge is 2.11. The molecule has 0 heterocycles. The summed E-state index contributed by atoms with van der Waals surface area (Å²) in [5.41, 5.74) is 2.69. The Kier molecular flexibility index (Phi) is 4.32. The average Bonchev–Trinajstić information content (AvgIpc) is 2.39. The van der Waals surface area contributed by atoms with Gasteiger partial charge in [-0.1, -0.05) is 59.6 Å². The number of hydrogen-bond acceptors (Lipinski definition) is 1. The van der Waals surface area contributed by atoms with Crippen molar-refractivity contribution < 1.29 is 4.79 Å². The first-order chi connectivity index (χ1) is 8.72. The van der Waals surface area contributed by atoms with Gasteiger partial charge in [0, 0.05) is 15.6 Å². The second kappa shape index (κ2) is 5.96. The molecular formula is C16H15BrO. The van der Waals surface area contributed by atoms with Gasteiger partial charge in [0.05, 0.1) is 0 Å². The summed E-state index contributed by atoms with van der Waals surface area (Å²) in [5.74, 6) is 0.0698. The SMILES string of the molecule is CCCc1cccc(C(=O)c2ccccc2Br)c1. The molecule has 0 saturated heterocycles. The molecule has 92 valence electrons. The molecule has 0 spiro atoms. The second-order valence-corrected chi connectivity index (χ2v) is 5.11. The van der Waals surface area contributed by atoms with Crippen LogP contribution in [0.25, 0.3) is 0 Å². The number of ketones is 1. The number of halogens is 1. The highest BCUT2D eigenvalue weighted by molar-refractivity contribution is 9.10. The molecular weight excluding hydrogens is 288 g/mol. The molecule has 0 aliphatic carbocycles. The van der Waals surface area contributed by atoms with E-state index in [1.54, 1.807) is 0 Å². The number of hydrogen-bond donors (Lipinski definition) is 0. The summed E-state index contributed by atoms with van der Waals surface area (Å²) in [5, 5.41) is 0. The predicted octanol–water partition coefficient (Wildman–Crippen LogP) is 4.63. The van der Waals surface area contributed by atoms with E-state index < -0.39 is 0 Å². The predicted molar refractivity (Wildman–Crippen MR) is 78.0 cm³/mol.